The van der Waals surface area contributed by atoms with Gasteiger partial charge in [-0.3, -0.25) is 4.79 Å². The van der Waals surface area contributed by atoms with Crippen LogP contribution in [0.5, 0.6) is 0 Å². The smallest absolute Gasteiger partial charge is 0.305 e. The molecule has 0 amide bonds. The quantitative estimate of drug-likeness (QED) is 0.0981. The second-order valence-corrected chi connectivity index (χ2v) is 7.22. The van der Waals surface area contributed by atoms with Crippen LogP contribution in [0.25, 0.3) is 0 Å². The van der Waals surface area contributed by atoms with Gasteiger partial charge in [-0.15, -0.1) is 0 Å². The molecular weight excluding hydrogens is 336 g/mol. The summed E-state index contributed by atoms with van der Waals surface area (Å²) in [6.07, 6.45) is 27.1. The van der Waals surface area contributed by atoms with Gasteiger partial charge in [0.25, 0.3) is 0 Å². The summed E-state index contributed by atoms with van der Waals surface area (Å²) in [5.41, 5.74) is 0. The van der Waals surface area contributed by atoms with Crippen molar-refractivity contribution in [2.75, 3.05) is 6.61 Å². The van der Waals surface area contributed by atoms with Crippen LogP contribution in [0.4, 0.5) is 0 Å². The second kappa shape index (κ2) is 22.7. The van der Waals surface area contributed by atoms with Gasteiger partial charge < -0.3 is 9.53 Å². The molecule has 0 radical (unpaired) electrons. The highest BCUT2D eigenvalue weighted by Crippen LogP contribution is 2.09. The van der Waals surface area contributed by atoms with E-state index in [9.17, 15) is 9.59 Å². The molecule has 0 aliphatic heterocycles. The monoisotopic (exact) mass is 378 g/mol. The first-order chi connectivity index (χ1) is 13.3. The summed E-state index contributed by atoms with van der Waals surface area (Å²) >= 11 is 0. The van der Waals surface area contributed by atoms with E-state index in [-0.39, 0.29) is 5.97 Å². The molecule has 3 heteroatoms. The number of carbonyl (C=O) groups is 2. The van der Waals surface area contributed by atoms with E-state index in [1.54, 1.807) is 0 Å². The average Bonchev–Trinajstić information content (AvgIpc) is 2.67. The summed E-state index contributed by atoms with van der Waals surface area (Å²) in [7, 11) is 0. The van der Waals surface area contributed by atoms with Crippen molar-refractivity contribution >= 4 is 12.3 Å². The van der Waals surface area contributed by atoms with Crippen molar-refractivity contribution in [2.45, 2.75) is 110 Å². The van der Waals surface area contributed by atoms with Gasteiger partial charge in [-0.2, -0.15) is 0 Å². The first-order valence-electron chi connectivity index (χ1n) is 11.2. The first-order valence-corrected chi connectivity index (χ1v) is 11.2. The Hall–Kier alpha value is -1.38. The third-order valence-electron chi connectivity index (χ3n) is 4.56. The van der Waals surface area contributed by atoms with Crippen LogP contribution in [0.2, 0.25) is 0 Å². The molecule has 0 aromatic rings. The molecule has 0 aliphatic carbocycles. The lowest BCUT2D eigenvalue weighted by Crippen LogP contribution is -2.05. The Morgan fingerprint density at radius 2 is 1.30 bits per heavy atom. The molecule has 0 unspecified atom stereocenters. The summed E-state index contributed by atoms with van der Waals surface area (Å²) in [4.78, 5) is 21.7. The van der Waals surface area contributed by atoms with E-state index >= 15 is 0 Å². The summed E-state index contributed by atoms with van der Waals surface area (Å²) in [6, 6.07) is 0. The van der Waals surface area contributed by atoms with Gasteiger partial charge in [0.05, 0.1) is 6.61 Å². The molecule has 0 aromatic carbocycles. The van der Waals surface area contributed by atoms with Crippen molar-refractivity contribution in [3.05, 3.63) is 24.3 Å². The molecule has 0 atom stereocenters. The van der Waals surface area contributed by atoms with E-state index in [4.69, 9.17) is 4.74 Å². The molecule has 0 aromatic heterocycles. The SMILES string of the molecule is CCCCC/C=C\C/C=C\CCCCCCCC(=O)OCCCCCC=O. The zero-order valence-electron chi connectivity index (χ0n) is 17.6. The summed E-state index contributed by atoms with van der Waals surface area (Å²) in [5, 5.41) is 0. The molecule has 0 N–H and O–H groups in total. The molecule has 0 heterocycles. The second-order valence-electron chi connectivity index (χ2n) is 7.22. The molecule has 156 valence electrons. The van der Waals surface area contributed by atoms with Gasteiger partial charge in [0.2, 0.25) is 0 Å². The molecule has 3 nitrogen and oxygen atoms in total. The van der Waals surface area contributed by atoms with Crippen molar-refractivity contribution in [1.82, 2.24) is 0 Å². The van der Waals surface area contributed by atoms with E-state index in [1.807, 2.05) is 0 Å². The molecule has 0 fully saturated rings. The zero-order valence-corrected chi connectivity index (χ0v) is 17.6. The molecule has 0 aliphatic rings. The van der Waals surface area contributed by atoms with Gasteiger partial charge >= 0.3 is 5.97 Å². The van der Waals surface area contributed by atoms with E-state index in [1.165, 1.54) is 44.9 Å². The number of hydrogen-bond donors (Lipinski definition) is 0. The molecule has 0 bridgehead atoms. The molecular formula is C24H42O3. The molecule has 27 heavy (non-hydrogen) atoms. The number of hydrogen-bond acceptors (Lipinski definition) is 3. The predicted octanol–water partition coefficient (Wildman–Crippen LogP) is 7.10. The number of esters is 1. The van der Waals surface area contributed by atoms with Gasteiger partial charge in [0.1, 0.15) is 6.29 Å². The lowest BCUT2D eigenvalue weighted by atomic mass is 10.1. The Morgan fingerprint density at radius 1 is 0.704 bits per heavy atom. The first kappa shape index (κ1) is 25.6. The largest absolute Gasteiger partial charge is 0.466 e. The number of unbranched alkanes of at least 4 members (excludes halogenated alkanes) is 11. The van der Waals surface area contributed by atoms with Crippen molar-refractivity contribution < 1.29 is 14.3 Å². The Morgan fingerprint density at radius 3 is 2.00 bits per heavy atom. The van der Waals surface area contributed by atoms with Crippen molar-refractivity contribution in [3.63, 3.8) is 0 Å². The van der Waals surface area contributed by atoms with Gasteiger partial charge in [-0.1, -0.05) is 63.3 Å². The molecule has 0 rings (SSSR count). The average molecular weight is 379 g/mol. The van der Waals surface area contributed by atoms with Crippen LogP contribution in [0.15, 0.2) is 24.3 Å². The Bertz CT molecular complexity index is 385. The zero-order chi connectivity index (χ0) is 19.8. The van der Waals surface area contributed by atoms with E-state index < -0.39 is 0 Å². The minimum Gasteiger partial charge on any atom is -0.466 e. The van der Waals surface area contributed by atoms with E-state index in [0.29, 0.717) is 19.4 Å². The molecule has 0 saturated carbocycles. The van der Waals surface area contributed by atoms with Crippen molar-refractivity contribution in [2.24, 2.45) is 0 Å². The van der Waals surface area contributed by atoms with Crippen molar-refractivity contribution in [1.29, 1.82) is 0 Å². The number of allylic oxidation sites excluding steroid dienone is 4. The van der Waals surface area contributed by atoms with Crippen LogP contribution < -0.4 is 0 Å². The number of ether oxygens (including phenoxy) is 1. The van der Waals surface area contributed by atoms with Crippen LogP contribution >= 0.6 is 0 Å². The standard InChI is InChI=1S/C24H42O3/c1-2-3-4-5-6-7-8-9-10-11-12-13-14-15-18-21-24(26)27-23-20-17-16-19-22-25/h6-7,9-10,22H,2-5,8,11-21,23H2,1H3/b7-6-,10-9-. The maximum atomic E-state index is 11.6. The summed E-state index contributed by atoms with van der Waals surface area (Å²) in [6.45, 7) is 2.74. The van der Waals surface area contributed by atoms with Gasteiger partial charge in [0.15, 0.2) is 0 Å². The highest BCUT2D eigenvalue weighted by atomic mass is 16.5. The van der Waals surface area contributed by atoms with Crippen LogP contribution in [0.1, 0.15) is 110 Å². The Kier molecular flexibility index (Phi) is 21.5. The van der Waals surface area contributed by atoms with Gasteiger partial charge in [-0.25, -0.2) is 0 Å². The van der Waals surface area contributed by atoms with Gasteiger partial charge in [0, 0.05) is 12.8 Å². The minimum atomic E-state index is -0.0731. The maximum absolute atomic E-state index is 11.6. The van der Waals surface area contributed by atoms with Gasteiger partial charge in [-0.05, 0) is 57.8 Å². The highest BCUT2D eigenvalue weighted by molar-refractivity contribution is 5.69. The number of rotatable bonds is 20. The van der Waals surface area contributed by atoms with E-state index in [2.05, 4.69) is 31.2 Å². The van der Waals surface area contributed by atoms with Crippen LogP contribution in [0, 0.1) is 0 Å². The summed E-state index contributed by atoms with van der Waals surface area (Å²) < 4.78 is 5.20. The minimum absolute atomic E-state index is 0.0731. The fourth-order valence-electron chi connectivity index (χ4n) is 2.85. The maximum Gasteiger partial charge on any atom is 0.305 e. The summed E-state index contributed by atoms with van der Waals surface area (Å²) in [5.74, 6) is -0.0731. The van der Waals surface area contributed by atoms with Crippen LogP contribution in [-0.2, 0) is 14.3 Å². The lowest BCUT2D eigenvalue weighted by molar-refractivity contribution is -0.143. The predicted molar refractivity (Wildman–Crippen MR) is 115 cm³/mol. The third kappa shape index (κ3) is 22.6. The fraction of sp³-hybridized carbons (Fsp3) is 0.750. The molecule has 0 saturated heterocycles. The topological polar surface area (TPSA) is 43.4 Å². The lowest BCUT2D eigenvalue weighted by Gasteiger charge is -2.04. The highest BCUT2D eigenvalue weighted by Gasteiger charge is 2.02. The van der Waals surface area contributed by atoms with E-state index in [0.717, 1.165) is 51.2 Å². The molecule has 0 spiro atoms. The Labute approximate surface area is 167 Å². The number of carbonyl (C=O) groups excluding carboxylic acids is 2. The van der Waals surface area contributed by atoms with Crippen LogP contribution in [0.3, 0.4) is 0 Å². The van der Waals surface area contributed by atoms with Crippen molar-refractivity contribution in [3.8, 4) is 0 Å². The fourth-order valence-corrected chi connectivity index (χ4v) is 2.85. The normalized spacial score (nSPS) is 11.4. The number of aldehydes is 1. The Balaban J connectivity index is 3.26. The third-order valence-corrected chi connectivity index (χ3v) is 4.56. The van der Waals surface area contributed by atoms with Crippen LogP contribution in [-0.4, -0.2) is 18.9 Å².